The summed E-state index contributed by atoms with van der Waals surface area (Å²) in [5.74, 6) is -0.133. The largest absolute Gasteiger partial charge is 0.365 e. The van der Waals surface area contributed by atoms with E-state index in [-0.39, 0.29) is 11.5 Å². The van der Waals surface area contributed by atoms with Crippen molar-refractivity contribution in [2.24, 2.45) is 5.73 Å². The number of anilines is 4. The fraction of sp³-hybridized carbons (Fsp3) is 0.143. The van der Waals surface area contributed by atoms with Gasteiger partial charge in [-0.05, 0) is 30.2 Å². The first-order valence-corrected chi connectivity index (χ1v) is 9.02. The van der Waals surface area contributed by atoms with Gasteiger partial charge in [0.15, 0.2) is 0 Å². The highest BCUT2D eigenvalue weighted by Crippen LogP contribution is 2.23. The van der Waals surface area contributed by atoms with Gasteiger partial charge >= 0.3 is 0 Å². The highest BCUT2D eigenvalue weighted by molar-refractivity contribution is 5.97. The van der Waals surface area contributed by atoms with E-state index in [1.165, 1.54) is 13.1 Å². The number of primary amides is 1. The average molecular weight is 390 g/mol. The van der Waals surface area contributed by atoms with Crippen molar-refractivity contribution in [1.82, 2.24) is 9.97 Å². The lowest BCUT2D eigenvalue weighted by Crippen LogP contribution is -2.17. The number of carbonyl (C=O) groups is 2. The molecular formula is C21H22N6O2. The molecule has 0 aliphatic rings. The molecule has 1 heterocycles. The minimum atomic E-state index is -0.615. The molecule has 0 radical (unpaired) electrons. The number of carbonyl (C=O) groups excluding carboxylic acids is 2. The van der Waals surface area contributed by atoms with E-state index in [1.54, 1.807) is 6.07 Å². The van der Waals surface area contributed by atoms with E-state index in [9.17, 15) is 9.59 Å². The Morgan fingerprint density at radius 2 is 1.86 bits per heavy atom. The minimum absolute atomic E-state index is 0.153. The number of benzene rings is 2. The molecule has 1 aromatic heterocycles. The Morgan fingerprint density at radius 1 is 1.10 bits per heavy atom. The van der Waals surface area contributed by atoms with Gasteiger partial charge in [0.25, 0.3) is 5.91 Å². The maximum Gasteiger partial charge on any atom is 0.254 e. The number of hydrogen-bond donors (Lipinski definition) is 4. The Labute approximate surface area is 168 Å². The van der Waals surface area contributed by atoms with Gasteiger partial charge in [0.05, 0.1) is 5.56 Å². The quantitative estimate of drug-likeness (QED) is 0.491. The lowest BCUT2D eigenvalue weighted by Gasteiger charge is -2.13. The van der Waals surface area contributed by atoms with Crippen LogP contribution < -0.4 is 21.7 Å². The molecule has 5 N–H and O–H groups in total. The lowest BCUT2D eigenvalue weighted by atomic mass is 10.2. The number of rotatable bonds is 7. The fourth-order valence-corrected chi connectivity index (χ4v) is 2.69. The number of hydrogen-bond acceptors (Lipinski definition) is 6. The van der Waals surface area contributed by atoms with E-state index in [0.717, 1.165) is 11.1 Å². The van der Waals surface area contributed by atoms with Crippen LogP contribution in [0.4, 0.5) is 23.1 Å². The molecule has 0 unspecified atom stereocenters. The molecular weight excluding hydrogens is 368 g/mol. The van der Waals surface area contributed by atoms with Gasteiger partial charge in [-0.25, -0.2) is 4.98 Å². The van der Waals surface area contributed by atoms with Crippen LogP contribution in [0.5, 0.6) is 0 Å². The van der Waals surface area contributed by atoms with Gasteiger partial charge in [-0.1, -0.05) is 36.4 Å². The number of nitrogens with two attached hydrogens (primary N) is 1. The molecule has 0 aliphatic heterocycles. The van der Waals surface area contributed by atoms with Crippen molar-refractivity contribution in [3.8, 4) is 0 Å². The molecule has 2 amide bonds. The first kappa shape index (κ1) is 19.8. The molecule has 0 spiro atoms. The summed E-state index contributed by atoms with van der Waals surface area (Å²) in [7, 11) is 0. The summed E-state index contributed by atoms with van der Waals surface area (Å²) in [4.78, 5) is 31.7. The predicted molar refractivity (Wildman–Crippen MR) is 113 cm³/mol. The van der Waals surface area contributed by atoms with Crippen molar-refractivity contribution >= 4 is 35.0 Å². The molecule has 0 saturated carbocycles. The number of amides is 2. The van der Waals surface area contributed by atoms with Crippen LogP contribution in [-0.4, -0.2) is 21.8 Å². The summed E-state index contributed by atoms with van der Waals surface area (Å²) >= 11 is 0. The number of nitrogens with one attached hydrogen (secondary N) is 3. The third-order valence-corrected chi connectivity index (χ3v) is 4.16. The Balaban J connectivity index is 1.83. The van der Waals surface area contributed by atoms with Crippen molar-refractivity contribution < 1.29 is 9.59 Å². The Kier molecular flexibility index (Phi) is 6.03. The van der Waals surface area contributed by atoms with Crippen LogP contribution >= 0.6 is 0 Å². The van der Waals surface area contributed by atoms with Crippen LogP contribution in [0.25, 0.3) is 0 Å². The smallest absolute Gasteiger partial charge is 0.254 e. The van der Waals surface area contributed by atoms with Crippen molar-refractivity contribution in [2.75, 3.05) is 16.0 Å². The second-order valence-electron chi connectivity index (χ2n) is 6.50. The van der Waals surface area contributed by atoms with Crippen LogP contribution in [0.15, 0.2) is 54.7 Å². The van der Waals surface area contributed by atoms with Gasteiger partial charge < -0.3 is 21.7 Å². The number of aryl methyl sites for hydroxylation is 1. The van der Waals surface area contributed by atoms with Crippen molar-refractivity contribution in [2.45, 2.75) is 20.4 Å². The van der Waals surface area contributed by atoms with Crippen molar-refractivity contribution in [3.63, 3.8) is 0 Å². The maximum atomic E-state index is 11.7. The highest BCUT2D eigenvalue weighted by atomic mass is 16.1. The van der Waals surface area contributed by atoms with Crippen LogP contribution in [-0.2, 0) is 11.3 Å². The van der Waals surface area contributed by atoms with Crippen LogP contribution in [0, 0.1) is 6.92 Å². The summed E-state index contributed by atoms with van der Waals surface area (Å²) in [5, 5.41) is 9.00. The SMILES string of the molecule is CC(=O)Nc1cc(Nc2ncc(C(N)=O)c(NCc3ccccc3)n2)ccc1C. The zero-order valence-corrected chi connectivity index (χ0v) is 16.2. The van der Waals surface area contributed by atoms with Crippen LogP contribution in [0.3, 0.4) is 0 Å². The number of nitrogens with zero attached hydrogens (tertiary/aromatic N) is 2. The fourth-order valence-electron chi connectivity index (χ4n) is 2.69. The predicted octanol–water partition coefficient (Wildman–Crippen LogP) is 3.20. The summed E-state index contributed by atoms with van der Waals surface area (Å²) in [6.07, 6.45) is 1.38. The summed E-state index contributed by atoms with van der Waals surface area (Å²) in [6, 6.07) is 15.2. The topological polar surface area (TPSA) is 122 Å². The Hall–Kier alpha value is -3.94. The molecule has 8 nitrogen and oxygen atoms in total. The second kappa shape index (κ2) is 8.83. The molecule has 2 aromatic carbocycles. The van der Waals surface area contributed by atoms with Crippen molar-refractivity contribution in [3.05, 3.63) is 71.4 Å². The third-order valence-electron chi connectivity index (χ3n) is 4.16. The normalized spacial score (nSPS) is 10.3. The summed E-state index contributed by atoms with van der Waals surface area (Å²) in [6.45, 7) is 3.84. The Bertz CT molecular complexity index is 1040. The molecule has 8 heteroatoms. The van der Waals surface area contributed by atoms with E-state index >= 15 is 0 Å². The maximum absolute atomic E-state index is 11.7. The van der Waals surface area contributed by atoms with E-state index in [1.807, 2.05) is 49.4 Å². The van der Waals surface area contributed by atoms with Gasteiger partial charge in [0.2, 0.25) is 11.9 Å². The average Bonchev–Trinajstić information content (AvgIpc) is 2.69. The van der Waals surface area contributed by atoms with E-state index in [2.05, 4.69) is 25.9 Å². The second-order valence-corrected chi connectivity index (χ2v) is 6.50. The van der Waals surface area contributed by atoms with Crippen LogP contribution in [0.1, 0.15) is 28.4 Å². The van der Waals surface area contributed by atoms with Gasteiger partial charge in [-0.3, -0.25) is 9.59 Å². The molecule has 0 atom stereocenters. The molecule has 29 heavy (non-hydrogen) atoms. The molecule has 3 rings (SSSR count). The van der Waals surface area contributed by atoms with E-state index in [4.69, 9.17) is 5.73 Å². The summed E-state index contributed by atoms with van der Waals surface area (Å²) < 4.78 is 0. The Morgan fingerprint density at radius 3 is 2.55 bits per heavy atom. The van der Waals surface area contributed by atoms with Gasteiger partial charge in [-0.15, -0.1) is 0 Å². The lowest BCUT2D eigenvalue weighted by molar-refractivity contribution is -0.114. The number of aromatic nitrogens is 2. The van der Waals surface area contributed by atoms with Gasteiger partial charge in [0, 0.05) is 31.0 Å². The van der Waals surface area contributed by atoms with E-state index < -0.39 is 5.91 Å². The third kappa shape index (κ3) is 5.29. The minimum Gasteiger partial charge on any atom is -0.365 e. The molecule has 0 aliphatic carbocycles. The van der Waals surface area contributed by atoms with Gasteiger partial charge in [0.1, 0.15) is 5.82 Å². The zero-order chi connectivity index (χ0) is 20.8. The van der Waals surface area contributed by atoms with Crippen LogP contribution in [0.2, 0.25) is 0 Å². The zero-order valence-electron chi connectivity index (χ0n) is 16.2. The molecule has 0 saturated heterocycles. The van der Waals surface area contributed by atoms with Crippen molar-refractivity contribution in [1.29, 1.82) is 0 Å². The molecule has 0 fully saturated rings. The van der Waals surface area contributed by atoms with Gasteiger partial charge in [-0.2, -0.15) is 4.98 Å². The first-order valence-electron chi connectivity index (χ1n) is 9.02. The summed E-state index contributed by atoms with van der Waals surface area (Å²) in [5.41, 5.74) is 9.01. The van der Waals surface area contributed by atoms with E-state index in [0.29, 0.717) is 29.7 Å². The highest BCUT2D eigenvalue weighted by Gasteiger charge is 2.13. The first-order chi connectivity index (χ1) is 13.9. The molecule has 148 valence electrons. The molecule has 3 aromatic rings. The monoisotopic (exact) mass is 390 g/mol. The molecule has 0 bridgehead atoms. The standard InChI is InChI=1S/C21H22N6O2/c1-13-8-9-16(10-18(13)25-14(2)28)26-21-24-12-17(19(22)29)20(27-21)23-11-15-6-4-3-5-7-15/h3-10,12H,11H2,1-2H3,(H2,22,29)(H,25,28)(H2,23,24,26,27).